The van der Waals surface area contributed by atoms with Crippen LogP contribution in [0.1, 0.15) is 34.5 Å². The average molecular weight is 289 g/mol. The van der Waals surface area contributed by atoms with Crippen LogP contribution in [0.15, 0.2) is 40.8 Å². The zero-order chi connectivity index (χ0) is 15.2. The second-order valence-corrected chi connectivity index (χ2v) is 4.30. The first-order valence-corrected chi connectivity index (χ1v) is 6.47. The van der Waals surface area contributed by atoms with E-state index in [0.29, 0.717) is 12.3 Å². The first kappa shape index (κ1) is 14.6. The van der Waals surface area contributed by atoms with Gasteiger partial charge in [0.05, 0.1) is 6.61 Å². The van der Waals surface area contributed by atoms with Gasteiger partial charge in [-0.25, -0.2) is 4.79 Å². The summed E-state index contributed by atoms with van der Waals surface area (Å²) in [6, 6.07) is 9.44. The summed E-state index contributed by atoms with van der Waals surface area (Å²) in [5.41, 5.74) is 0.567. The zero-order valence-corrected chi connectivity index (χ0v) is 11.5. The van der Waals surface area contributed by atoms with Gasteiger partial charge in [-0.1, -0.05) is 6.92 Å². The molecule has 0 spiro atoms. The van der Waals surface area contributed by atoms with Crippen LogP contribution >= 0.6 is 0 Å². The molecule has 2 aromatic rings. The predicted octanol–water partition coefficient (Wildman–Crippen LogP) is 3.02. The Morgan fingerprint density at radius 3 is 2.38 bits per heavy atom. The Morgan fingerprint density at radius 2 is 1.81 bits per heavy atom. The van der Waals surface area contributed by atoms with Gasteiger partial charge in [0.25, 0.3) is 5.91 Å². The van der Waals surface area contributed by atoms with Gasteiger partial charge in [0.2, 0.25) is 5.76 Å². The molecule has 1 heterocycles. The Morgan fingerprint density at radius 1 is 1.14 bits per heavy atom. The first-order chi connectivity index (χ1) is 10.1. The number of furan rings is 1. The number of hydrogen-bond donors (Lipinski definition) is 2. The molecule has 1 amide bonds. The zero-order valence-electron chi connectivity index (χ0n) is 11.5. The number of nitrogens with one attached hydrogen (secondary N) is 1. The molecule has 2 N–H and O–H groups in total. The monoisotopic (exact) mass is 289 g/mol. The van der Waals surface area contributed by atoms with Crippen LogP contribution in [0.3, 0.4) is 0 Å². The van der Waals surface area contributed by atoms with Gasteiger partial charge in [-0.2, -0.15) is 0 Å². The molecule has 6 nitrogen and oxygen atoms in total. The molecule has 0 saturated heterocycles. The molecular formula is C15H15NO5. The van der Waals surface area contributed by atoms with Gasteiger partial charge in [0, 0.05) is 5.69 Å². The number of aromatic carboxylic acids is 1. The Kier molecular flexibility index (Phi) is 4.61. The molecule has 0 aliphatic carbocycles. The number of carbonyl (C=O) groups excluding carboxylic acids is 1. The summed E-state index contributed by atoms with van der Waals surface area (Å²) < 4.78 is 10.4. The second kappa shape index (κ2) is 6.60. The third-order valence-corrected chi connectivity index (χ3v) is 2.63. The molecule has 1 aromatic heterocycles. The first-order valence-electron chi connectivity index (χ1n) is 6.47. The highest BCUT2D eigenvalue weighted by Crippen LogP contribution is 2.17. The summed E-state index contributed by atoms with van der Waals surface area (Å²) in [5, 5.41) is 11.3. The number of rotatable bonds is 6. The lowest BCUT2D eigenvalue weighted by Crippen LogP contribution is -2.10. The smallest absolute Gasteiger partial charge is 0.371 e. The van der Waals surface area contributed by atoms with Crippen molar-refractivity contribution in [2.45, 2.75) is 13.3 Å². The fraction of sp³-hybridized carbons (Fsp3) is 0.200. The summed E-state index contributed by atoms with van der Waals surface area (Å²) in [6.45, 7) is 2.65. The topological polar surface area (TPSA) is 88.8 Å². The van der Waals surface area contributed by atoms with E-state index in [2.05, 4.69) is 5.32 Å². The van der Waals surface area contributed by atoms with E-state index in [0.717, 1.165) is 12.2 Å². The summed E-state index contributed by atoms with van der Waals surface area (Å²) in [5.74, 6) is -1.33. The molecule has 0 radical (unpaired) electrons. The van der Waals surface area contributed by atoms with E-state index in [1.807, 2.05) is 6.92 Å². The lowest BCUT2D eigenvalue weighted by molar-refractivity contribution is 0.0660. The van der Waals surface area contributed by atoms with Crippen molar-refractivity contribution in [3.05, 3.63) is 47.9 Å². The molecule has 2 rings (SSSR count). The molecule has 0 aliphatic heterocycles. The molecule has 0 bridgehead atoms. The number of carbonyl (C=O) groups is 2. The molecule has 0 unspecified atom stereocenters. The van der Waals surface area contributed by atoms with E-state index in [1.54, 1.807) is 24.3 Å². The molecule has 110 valence electrons. The number of anilines is 1. The van der Waals surface area contributed by atoms with Crippen molar-refractivity contribution in [3.8, 4) is 5.75 Å². The Bertz CT molecular complexity index is 630. The number of carboxylic acid groups (broad SMARTS) is 1. The quantitative estimate of drug-likeness (QED) is 0.853. The van der Waals surface area contributed by atoms with Crippen molar-refractivity contribution in [2.75, 3.05) is 11.9 Å². The largest absolute Gasteiger partial charge is 0.494 e. The standard InChI is InChI=1S/C15H15NO5/c1-2-9-20-11-5-3-10(4-6-11)16-14(17)12-7-8-13(21-12)15(18)19/h3-8H,2,9H2,1H3,(H,16,17)(H,18,19). The Hall–Kier alpha value is -2.76. The minimum Gasteiger partial charge on any atom is -0.494 e. The Balaban J connectivity index is 2.00. The lowest BCUT2D eigenvalue weighted by atomic mass is 10.3. The number of amides is 1. The molecule has 0 fully saturated rings. The Labute approximate surface area is 121 Å². The molecular weight excluding hydrogens is 274 g/mol. The van der Waals surface area contributed by atoms with Gasteiger partial charge < -0.3 is 19.6 Å². The highest BCUT2D eigenvalue weighted by Gasteiger charge is 2.14. The fourth-order valence-corrected chi connectivity index (χ4v) is 1.62. The van der Waals surface area contributed by atoms with Gasteiger partial charge >= 0.3 is 5.97 Å². The summed E-state index contributed by atoms with van der Waals surface area (Å²) >= 11 is 0. The summed E-state index contributed by atoms with van der Waals surface area (Å²) in [4.78, 5) is 22.6. The molecule has 0 aliphatic rings. The van der Waals surface area contributed by atoms with Gasteiger partial charge in [0.15, 0.2) is 5.76 Å². The predicted molar refractivity (Wildman–Crippen MR) is 75.8 cm³/mol. The van der Waals surface area contributed by atoms with E-state index < -0.39 is 11.9 Å². The van der Waals surface area contributed by atoms with Crippen LogP contribution in [0, 0.1) is 0 Å². The van der Waals surface area contributed by atoms with Gasteiger partial charge in [-0.15, -0.1) is 0 Å². The summed E-state index contributed by atoms with van der Waals surface area (Å²) in [7, 11) is 0. The fourth-order valence-electron chi connectivity index (χ4n) is 1.62. The minimum atomic E-state index is -1.22. The minimum absolute atomic E-state index is 0.0568. The number of carboxylic acids is 1. The average Bonchev–Trinajstić information content (AvgIpc) is 2.97. The van der Waals surface area contributed by atoms with Crippen LogP contribution in [-0.2, 0) is 0 Å². The highest BCUT2D eigenvalue weighted by molar-refractivity contribution is 6.02. The highest BCUT2D eigenvalue weighted by atomic mass is 16.5. The molecule has 1 aromatic carbocycles. The van der Waals surface area contributed by atoms with E-state index in [4.69, 9.17) is 14.3 Å². The van der Waals surface area contributed by atoms with Crippen molar-refractivity contribution in [1.29, 1.82) is 0 Å². The van der Waals surface area contributed by atoms with E-state index in [1.165, 1.54) is 12.1 Å². The van der Waals surface area contributed by atoms with Crippen molar-refractivity contribution in [1.82, 2.24) is 0 Å². The van der Waals surface area contributed by atoms with Crippen molar-refractivity contribution >= 4 is 17.6 Å². The SMILES string of the molecule is CCCOc1ccc(NC(=O)c2ccc(C(=O)O)o2)cc1. The van der Waals surface area contributed by atoms with Crippen LogP contribution in [0.25, 0.3) is 0 Å². The number of ether oxygens (including phenoxy) is 1. The maximum absolute atomic E-state index is 11.9. The maximum atomic E-state index is 11.9. The van der Waals surface area contributed by atoms with Gasteiger partial charge in [-0.3, -0.25) is 4.79 Å². The lowest BCUT2D eigenvalue weighted by Gasteiger charge is -2.06. The summed E-state index contributed by atoms with van der Waals surface area (Å²) in [6.07, 6.45) is 0.920. The number of benzene rings is 1. The molecule has 0 saturated carbocycles. The van der Waals surface area contributed by atoms with Crippen LogP contribution in [0.2, 0.25) is 0 Å². The van der Waals surface area contributed by atoms with Crippen molar-refractivity contribution in [2.24, 2.45) is 0 Å². The van der Waals surface area contributed by atoms with Gasteiger partial charge in [0.1, 0.15) is 5.75 Å². The van der Waals surface area contributed by atoms with Crippen LogP contribution in [0.5, 0.6) is 5.75 Å². The van der Waals surface area contributed by atoms with Crippen molar-refractivity contribution < 1.29 is 23.8 Å². The van der Waals surface area contributed by atoms with Crippen LogP contribution in [-0.4, -0.2) is 23.6 Å². The van der Waals surface area contributed by atoms with E-state index in [-0.39, 0.29) is 11.5 Å². The van der Waals surface area contributed by atoms with Gasteiger partial charge in [-0.05, 0) is 42.8 Å². The molecule has 6 heteroatoms. The van der Waals surface area contributed by atoms with Crippen LogP contribution in [0.4, 0.5) is 5.69 Å². The normalized spacial score (nSPS) is 10.1. The maximum Gasteiger partial charge on any atom is 0.371 e. The third-order valence-electron chi connectivity index (χ3n) is 2.63. The second-order valence-electron chi connectivity index (χ2n) is 4.30. The third kappa shape index (κ3) is 3.85. The van der Waals surface area contributed by atoms with Crippen LogP contribution < -0.4 is 10.1 Å². The van der Waals surface area contributed by atoms with Crippen molar-refractivity contribution in [3.63, 3.8) is 0 Å². The molecule has 0 atom stereocenters. The van der Waals surface area contributed by atoms with E-state index in [9.17, 15) is 9.59 Å². The number of hydrogen-bond acceptors (Lipinski definition) is 4. The van der Waals surface area contributed by atoms with E-state index >= 15 is 0 Å². The molecule has 21 heavy (non-hydrogen) atoms.